The van der Waals surface area contributed by atoms with E-state index in [1.54, 1.807) is 19.2 Å². The van der Waals surface area contributed by atoms with Gasteiger partial charge in [0.05, 0.1) is 3.57 Å². The van der Waals surface area contributed by atoms with Gasteiger partial charge in [-0.15, -0.1) is 0 Å². The summed E-state index contributed by atoms with van der Waals surface area (Å²) in [5, 5.41) is 0. The van der Waals surface area contributed by atoms with E-state index in [9.17, 15) is 4.79 Å². The number of carbonyl (C=O) groups is 1. The average molecular weight is 306 g/mol. The van der Waals surface area contributed by atoms with Gasteiger partial charge in [-0.3, -0.25) is 4.79 Å². The summed E-state index contributed by atoms with van der Waals surface area (Å²) in [5.74, 6) is 0.776. The van der Waals surface area contributed by atoms with Gasteiger partial charge in [0.25, 0.3) is 0 Å². The molecule has 0 radical (unpaired) electrons. The Labute approximate surface area is 96.5 Å². The molecule has 0 unspecified atom stereocenters. The summed E-state index contributed by atoms with van der Waals surface area (Å²) in [4.78, 5) is 10.6. The molecule has 0 heterocycles. The number of halogens is 1. The molecule has 0 bridgehead atoms. The smallest absolute Gasteiger partial charge is 0.188 e. The van der Waals surface area contributed by atoms with E-state index in [4.69, 9.17) is 9.47 Å². The largest absolute Gasteiger partial charge is 0.466 e. The third kappa shape index (κ3) is 2.68. The first kappa shape index (κ1) is 11.5. The highest BCUT2D eigenvalue weighted by Gasteiger charge is 2.06. The van der Waals surface area contributed by atoms with Crippen LogP contribution in [0.15, 0.2) is 12.1 Å². The lowest BCUT2D eigenvalue weighted by Gasteiger charge is -2.10. The molecule has 0 aliphatic rings. The lowest BCUT2D eigenvalue weighted by molar-refractivity contribution is 0.0500. The number of aldehydes is 1. The summed E-state index contributed by atoms with van der Waals surface area (Å²) >= 11 is 2.14. The highest BCUT2D eigenvalue weighted by atomic mass is 127. The Balaban J connectivity index is 2.99. The molecule has 0 aliphatic heterocycles. The fourth-order valence-corrected chi connectivity index (χ4v) is 2.07. The van der Waals surface area contributed by atoms with Crippen molar-refractivity contribution in [2.24, 2.45) is 0 Å². The van der Waals surface area contributed by atoms with Crippen molar-refractivity contribution < 1.29 is 14.3 Å². The van der Waals surface area contributed by atoms with Crippen molar-refractivity contribution in [2.75, 3.05) is 13.9 Å². The fraction of sp³-hybridized carbons (Fsp3) is 0.300. The van der Waals surface area contributed by atoms with Crippen LogP contribution in [0.25, 0.3) is 0 Å². The number of hydrogen-bond donors (Lipinski definition) is 0. The molecule has 0 amide bonds. The van der Waals surface area contributed by atoms with Gasteiger partial charge in [-0.25, -0.2) is 0 Å². The molecule has 0 atom stereocenters. The zero-order valence-electron chi connectivity index (χ0n) is 8.04. The summed E-state index contributed by atoms with van der Waals surface area (Å²) < 4.78 is 11.1. The van der Waals surface area contributed by atoms with Crippen LogP contribution < -0.4 is 4.74 Å². The molecule has 14 heavy (non-hydrogen) atoms. The molecule has 0 saturated heterocycles. The highest BCUT2D eigenvalue weighted by molar-refractivity contribution is 14.1. The van der Waals surface area contributed by atoms with Crippen LogP contribution in [0.3, 0.4) is 0 Å². The van der Waals surface area contributed by atoms with E-state index in [1.165, 1.54) is 0 Å². The molecule has 0 spiro atoms. The number of benzene rings is 1. The quantitative estimate of drug-likeness (QED) is 0.487. The molecular formula is C10H11IO3. The third-order valence-electron chi connectivity index (χ3n) is 1.71. The van der Waals surface area contributed by atoms with Gasteiger partial charge in [0.2, 0.25) is 0 Å². The molecule has 0 aromatic heterocycles. The Kier molecular flexibility index (Phi) is 4.34. The molecule has 1 rings (SSSR count). The minimum atomic E-state index is 0.220. The van der Waals surface area contributed by atoms with Crippen LogP contribution >= 0.6 is 22.6 Å². The third-order valence-corrected chi connectivity index (χ3v) is 2.51. The van der Waals surface area contributed by atoms with Crippen LogP contribution in [0.4, 0.5) is 0 Å². The normalized spacial score (nSPS) is 9.93. The standard InChI is InChI=1S/C10H11IO3/c1-7-3-8(5-12)4-9(11)10(7)14-6-13-2/h3-5H,6H2,1-2H3. The maximum absolute atomic E-state index is 10.6. The van der Waals surface area contributed by atoms with Crippen molar-refractivity contribution in [2.45, 2.75) is 6.92 Å². The summed E-state index contributed by atoms with van der Waals surface area (Å²) in [6.07, 6.45) is 0.829. The van der Waals surface area contributed by atoms with Crippen LogP contribution in [0, 0.1) is 10.5 Å². The Morgan fingerprint density at radius 1 is 1.50 bits per heavy atom. The molecule has 0 N–H and O–H groups in total. The molecular weight excluding hydrogens is 295 g/mol. The number of carbonyl (C=O) groups excluding carboxylic acids is 1. The zero-order chi connectivity index (χ0) is 10.6. The predicted octanol–water partition coefficient (Wildman–Crippen LogP) is 2.39. The van der Waals surface area contributed by atoms with Gasteiger partial charge >= 0.3 is 0 Å². The highest BCUT2D eigenvalue weighted by Crippen LogP contribution is 2.26. The van der Waals surface area contributed by atoms with Gasteiger partial charge in [0, 0.05) is 12.7 Å². The molecule has 0 saturated carbocycles. The second kappa shape index (κ2) is 5.31. The molecule has 1 aromatic carbocycles. The number of methoxy groups -OCH3 is 1. The van der Waals surface area contributed by atoms with Crippen LogP contribution in [0.5, 0.6) is 5.75 Å². The van der Waals surface area contributed by atoms with Crippen molar-refractivity contribution in [1.82, 2.24) is 0 Å². The number of ether oxygens (including phenoxy) is 2. The second-order valence-electron chi connectivity index (χ2n) is 2.82. The van der Waals surface area contributed by atoms with Crippen molar-refractivity contribution in [3.05, 3.63) is 26.8 Å². The van der Waals surface area contributed by atoms with E-state index in [-0.39, 0.29) is 6.79 Å². The van der Waals surface area contributed by atoms with Gasteiger partial charge in [-0.2, -0.15) is 0 Å². The van der Waals surface area contributed by atoms with Crippen LogP contribution in [-0.2, 0) is 4.74 Å². The van der Waals surface area contributed by atoms with Crippen molar-refractivity contribution in [1.29, 1.82) is 0 Å². The Morgan fingerprint density at radius 2 is 2.21 bits per heavy atom. The summed E-state index contributed by atoms with van der Waals surface area (Å²) in [6, 6.07) is 3.58. The van der Waals surface area contributed by atoms with E-state index < -0.39 is 0 Å². The monoisotopic (exact) mass is 306 g/mol. The van der Waals surface area contributed by atoms with Gasteiger partial charge in [0.1, 0.15) is 12.0 Å². The van der Waals surface area contributed by atoms with E-state index in [1.807, 2.05) is 6.92 Å². The van der Waals surface area contributed by atoms with Gasteiger partial charge < -0.3 is 9.47 Å². The molecule has 4 heteroatoms. The lowest BCUT2D eigenvalue weighted by atomic mass is 10.1. The number of hydrogen-bond acceptors (Lipinski definition) is 3. The van der Waals surface area contributed by atoms with Crippen LogP contribution in [0.2, 0.25) is 0 Å². The van der Waals surface area contributed by atoms with E-state index >= 15 is 0 Å². The maximum Gasteiger partial charge on any atom is 0.188 e. The van der Waals surface area contributed by atoms with Gasteiger partial charge in [0.15, 0.2) is 6.79 Å². The maximum atomic E-state index is 10.6. The molecule has 0 aliphatic carbocycles. The predicted molar refractivity (Wildman–Crippen MR) is 61.8 cm³/mol. The summed E-state index contributed by atoms with van der Waals surface area (Å²) in [5.41, 5.74) is 1.60. The van der Waals surface area contributed by atoms with Gasteiger partial charge in [-0.05, 0) is 47.2 Å². The average Bonchev–Trinajstić information content (AvgIpc) is 2.16. The lowest BCUT2D eigenvalue weighted by Crippen LogP contribution is -2.02. The molecule has 0 fully saturated rings. The van der Waals surface area contributed by atoms with E-state index in [0.29, 0.717) is 5.56 Å². The molecule has 1 aromatic rings. The van der Waals surface area contributed by atoms with Gasteiger partial charge in [-0.1, -0.05) is 0 Å². The Hall–Kier alpha value is -0.620. The minimum Gasteiger partial charge on any atom is -0.466 e. The second-order valence-corrected chi connectivity index (χ2v) is 3.98. The Morgan fingerprint density at radius 3 is 2.71 bits per heavy atom. The topological polar surface area (TPSA) is 35.5 Å². The van der Waals surface area contributed by atoms with Crippen molar-refractivity contribution in [3.8, 4) is 5.75 Å². The molecule has 3 nitrogen and oxygen atoms in total. The number of rotatable bonds is 4. The van der Waals surface area contributed by atoms with Crippen molar-refractivity contribution in [3.63, 3.8) is 0 Å². The first-order chi connectivity index (χ1) is 6.69. The van der Waals surface area contributed by atoms with Crippen LogP contribution in [0.1, 0.15) is 15.9 Å². The van der Waals surface area contributed by atoms with Crippen LogP contribution in [-0.4, -0.2) is 20.2 Å². The Bertz CT molecular complexity index is 313. The number of aryl methyl sites for hydroxylation is 1. The van der Waals surface area contributed by atoms with E-state index in [0.717, 1.165) is 21.2 Å². The van der Waals surface area contributed by atoms with Crippen molar-refractivity contribution >= 4 is 28.9 Å². The summed E-state index contributed by atoms with van der Waals surface area (Å²) in [7, 11) is 1.57. The zero-order valence-corrected chi connectivity index (χ0v) is 10.2. The summed E-state index contributed by atoms with van der Waals surface area (Å²) in [6.45, 7) is 2.12. The first-order valence-corrected chi connectivity index (χ1v) is 5.14. The first-order valence-electron chi connectivity index (χ1n) is 4.06. The van der Waals surface area contributed by atoms with E-state index in [2.05, 4.69) is 22.6 Å². The fourth-order valence-electron chi connectivity index (χ4n) is 1.13. The minimum absolute atomic E-state index is 0.220. The SMILES string of the molecule is COCOc1c(C)cc(C=O)cc1I. The molecule has 76 valence electrons.